The van der Waals surface area contributed by atoms with E-state index in [0.29, 0.717) is 31.6 Å². The zero-order valence-corrected chi connectivity index (χ0v) is 21.9. The SMILES string of the molecule is CC(C)(C)OC(=O)c1cn(CCCCc2cc(C#CC3CN(C(=O)OC(C)(C)C)C3)c(N)nn2)nn1. The number of aryl methyl sites for hydroxylation is 2. The number of carbonyl (C=O) groups excluding carboxylic acids is 2. The molecule has 0 radical (unpaired) electrons. The first kappa shape index (κ1) is 26.9. The van der Waals surface area contributed by atoms with Gasteiger partial charge in [-0.2, -0.15) is 5.10 Å². The number of amides is 1. The molecule has 194 valence electrons. The lowest BCUT2D eigenvalue weighted by Gasteiger charge is -2.37. The molecule has 0 aromatic carbocycles. The Balaban J connectivity index is 1.45. The molecule has 11 heteroatoms. The number of unbranched alkanes of at least 4 members (excludes halogenated alkanes) is 1. The highest BCUT2D eigenvalue weighted by Crippen LogP contribution is 2.19. The zero-order valence-electron chi connectivity index (χ0n) is 21.9. The number of hydrogen-bond acceptors (Lipinski definition) is 9. The number of anilines is 1. The van der Waals surface area contributed by atoms with Crippen LogP contribution in [0, 0.1) is 17.8 Å². The fourth-order valence-corrected chi connectivity index (χ4v) is 3.30. The van der Waals surface area contributed by atoms with Crippen molar-refractivity contribution in [2.24, 2.45) is 5.92 Å². The van der Waals surface area contributed by atoms with Gasteiger partial charge in [0, 0.05) is 19.6 Å². The first-order valence-corrected chi connectivity index (χ1v) is 12.0. The number of carbonyl (C=O) groups is 2. The maximum Gasteiger partial charge on any atom is 0.410 e. The maximum atomic E-state index is 12.1. The molecule has 2 N–H and O–H groups in total. The molecular formula is C25H35N7O4. The fourth-order valence-electron chi connectivity index (χ4n) is 3.30. The minimum absolute atomic E-state index is 0.0711. The zero-order chi connectivity index (χ0) is 26.5. The van der Waals surface area contributed by atoms with Crippen molar-refractivity contribution in [3.63, 3.8) is 0 Å². The Morgan fingerprint density at radius 2 is 1.75 bits per heavy atom. The van der Waals surface area contributed by atoms with Crippen LogP contribution in [0.25, 0.3) is 0 Å². The lowest BCUT2D eigenvalue weighted by Crippen LogP contribution is -2.51. The molecule has 0 aliphatic carbocycles. The van der Waals surface area contributed by atoms with Crippen LogP contribution in [-0.2, 0) is 22.4 Å². The maximum absolute atomic E-state index is 12.1. The molecule has 3 heterocycles. The van der Waals surface area contributed by atoms with E-state index in [-0.39, 0.29) is 23.5 Å². The Bertz CT molecular complexity index is 1150. The molecule has 2 aromatic heterocycles. The van der Waals surface area contributed by atoms with Gasteiger partial charge in [0.25, 0.3) is 0 Å². The van der Waals surface area contributed by atoms with E-state index in [0.717, 1.165) is 18.5 Å². The second-order valence-corrected chi connectivity index (χ2v) is 10.8. The van der Waals surface area contributed by atoms with E-state index < -0.39 is 17.2 Å². The Morgan fingerprint density at radius 3 is 2.42 bits per heavy atom. The third-order valence-electron chi connectivity index (χ3n) is 5.03. The minimum atomic E-state index is -0.581. The predicted octanol–water partition coefficient (Wildman–Crippen LogP) is 2.85. The van der Waals surface area contributed by atoms with Gasteiger partial charge in [0.05, 0.1) is 23.4 Å². The first-order valence-electron chi connectivity index (χ1n) is 12.0. The number of hydrogen-bond donors (Lipinski definition) is 1. The number of nitrogens with zero attached hydrogens (tertiary/aromatic N) is 6. The van der Waals surface area contributed by atoms with Crippen LogP contribution in [-0.4, -0.2) is 66.4 Å². The van der Waals surface area contributed by atoms with Gasteiger partial charge in [-0.1, -0.05) is 17.1 Å². The molecule has 11 nitrogen and oxygen atoms in total. The molecule has 0 spiro atoms. The number of nitrogen functional groups attached to an aromatic ring is 1. The van der Waals surface area contributed by atoms with Crippen molar-refractivity contribution >= 4 is 17.9 Å². The number of likely N-dealkylation sites (tertiary alicyclic amines) is 1. The van der Waals surface area contributed by atoms with Gasteiger partial charge < -0.3 is 20.1 Å². The van der Waals surface area contributed by atoms with Gasteiger partial charge in [-0.15, -0.1) is 10.2 Å². The monoisotopic (exact) mass is 497 g/mol. The van der Waals surface area contributed by atoms with Gasteiger partial charge >= 0.3 is 12.1 Å². The van der Waals surface area contributed by atoms with Gasteiger partial charge in [-0.25, -0.2) is 9.59 Å². The van der Waals surface area contributed by atoms with Crippen molar-refractivity contribution in [2.75, 3.05) is 18.8 Å². The second-order valence-electron chi connectivity index (χ2n) is 10.8. The summed E-state index contributed by atoms with van der Waals surface area (Å²) in [7, 11) is 0. The topological polar surface area (TPSA) is 138 Å². The summed E-state index contributed by atoms with van der Waals surface area (Å²) in [5.41, 5.74) is 6.49. The summed E-state index contributed by atoms with van der Waals surface area (Å²) < 4.78 is 12.3. The highest BCUT2D eigenvalue weighted by Gasteiger charge is 2.32. The highest BCUT2D eigenvalue weighted by molar-refractivity contribution is 5.87. The number of ether oxygens (including phenoxy) is 2. The first-order chi connectivity index (χ1) is 16.8. The summed E-state index contributed by atoms with van der Waals surface area (Å²) in [6.45, 7) is 12.6. The smallest absolute Gasteiger partial charge is 0.410 e. The summed E-state index contributed by atoms with van der Waals surface area (Å²) in [4.78, 5) is 25.7. The van der Waals surface area contributed by atoms with Crippen molar-refractivity contribution in [1.29, 1.82) is 0 Å². The van der Waals surface area contributed by atoms with Gasteiger partial charge in [0.15, 0.2) is 11.5 Å². The van der Waals surface area contributed by atoms with Crippen LogP contribution in [0.4, 0.5) is 10.6 Å². The van der Waals surface area contributed by atoms with Crippen LogP contribution in [0.3, 0.4) is 0 Å². The van der Waals surface area contributed by atoms with Crippen LogP contribution < -0.4 is 5.73 Å². The largest absolute Gasteiger partial charge is 0.455 e. The molecule has 0 unspecified atom stereocenters. The van der Waals surface area contributed by atoms with Crippen molar-refractivity contribution < 1.29 is 19.1 Å². The number of aromatic nitrogens is 5. The summed E-state index contributed by atoms with van der Waals surface area (Å²) in [5.74, 6) is 6.12. The van der Waals surface area contributed by atoms with E-state index in [1.807, 2.05) is 26.8 Å². The fraction of sp³-hybridized carbons (Fsp3) is 0.600. The van der Waals surface area contributed by atoms with Crippen LogP contribution in [0.2, 0.25) is 0 Å². The van der Waals surface area contributed by atoms with Crippen molar-refractivity contribution in [3.8, 4) is 11.8 Å². The van der Waals surface area contributed by atoms with Crippen molar-refractivity contribution in [1.82, 2.24) is 30.1 Å². The Morgan fingerprint density at radius 1 is 1.06 bits per heavy atom. The molecule has 2 aromatic rings. The summed E-state index contributed by atoms with van der Waals surface area (Å²) in [6.07, 6.45) is 3.62. The number of esters is 1. The molecule has 1 aliphatic rings. The molecule has 1 fully saturated rings. The van der Waals surface area contributed by atoms with Crippen molar-refractivity contribution in [2.45, 2.75) is 78.6 Å². The van der Waals surface area contributed by atoms with Gasteiger partial charge in [0.2, 0.25) is 0 Å². The van der Waals surface area contributed by atoms with Crippen LogP contribution in [0.15, 0.2) is 12.3 Å². The molecule has 0 atom stereocenters. The lowest BCUT2D eigenvalue weighted by molar-refractivity contribution is 0.00502. The van der Waals surface area contributed by atoms with Crippen LogP contribution in [0.5, 0.6) is 0 Å². The van der Waals surface area contributed by atoms with E-state index in [4.69, 9.17) is 15.2 Å². The average Bonchev–Trinajstić information content (AvgIpc) is 3.18. The van der Waals surface area contributed by atoms with E-state index in [9.17, 15) is 9.59 Å². The van der Waals surface area contributed by atoms with Crippen molar-refractivity contribution in [3.05, 3.63) is 29.2 Å². The normalized spacial score (nSPS) is 14.0. The van der Waals surface area contributed by atoms with Gasteiger partial charge in [0.1, 0.15) is 11.2 Å². The quantitative estimate of drug-likeness (QED) is 0.362. The van der Waals surface area contributed by atoms with E-state index in [1.54, 1.807) is 36.5 Å². The van der Waals surface area contributed by atoms with E-state index >= 15 is 0 Å². The Labute approximate surface area is 211 Å². The average molecular weight is 498 g/mol. The molecule has 0 saturated carbocycles. The lowest BCUT2D eigenvalue weighted by atomic mass is 10.0. The minimum Gasteiger partial charge on any atom is -0.455 e. The molecule has 1 saturated heterocycles. The summed E-state index contributed by atoms with van der Waals surface area (Å²) in [5, 5.41) is 16.1. The number of rotatable bonds is 6. The molecule has 1 aliphatic heterocycles. The van der Waals surface area contributed by atoms with Crippen LogP contribution in [0.1, 0.15) is 76.1 Å². The molecule has 36 heavy (non-hydrogen) atoms. The standard InChI is InChI=1S/C25H35N7O4/c1-24(2,3)35-22(33)20-16-32(30-28-20)12-8-7-9-19-13-18(21(26)29-27-19)11-10-17-14-31(15-17)23(34)36-25(4,5)6/h13,16-17H,7-9,12,14-15H2,1-6H3,(H2,26,29). The molecule has 0 bridgehead atoms. The Hall–Kier alpha value is -3.68. The molecule has 3 rings (SSSR count). The second kappa shape index (κ2) is 10.9. The summed E-state index contributed by atoms with van der Waals surface area (Å²) >= 11 is 0. The third kappa shape index (κ3) is 8.22. The van der Waals surface area contributed by atoms with E-state index in [1.165, 1.54) is 0 Å². The number of nitrogens with two attached hydrogens (primary N) is 1. The predicted molar refractivity (Wildman–Crippen MR) is 133 cm³/mol. The van der Waals surface area contributed by atoms with Gasteiger partial charge in [-0.05, 0) is 66.9 Å². The third-order valence-corrected chi connectivity index (χ3v) is 5.03. The highest BCUT2D eigenvalue weighted by atomic mass is 16.6. The van der Waals surface area contributed by atoms with Gasteiger partial charge in [-0.3, -0.25) is 4.68 Å². The molecule has 1 amide bonds. The summed E-state index contributed by atoms with van der Waals surface area (Å²) in [6, 6.07) is 1.86. The van der Waals surface area contributed by atoms with E-state index in [2.05, 4.69) is 32.4 Å². The Kier molecular flexibility index (Phi) is 8.17. The van der Waals surface area contributed by atoms with Crippen LogP contribution >= 0.6 is 0 Å². The molecular weight excluding hydrogens is 462 g/mol.